The van der Waals surface area contributed by atoms with Gasteiger partial charge in [0.25, 0.3) is 0 Å². The number of benzene rings is 1. The predicted molar refractivity (Wildman–Crippen MR) is 112 cm³/mol. The van der Waals surface area contributed by atoms with E-state index in [9.17, 15) is 4.79 Å². The average Bonchev–Trinajstić information content (AvgIpc) is 3.51. The zero-order valence-electron chi connectivity index (χ0n) is 16.8. The second kappa shape index (κ2) is 8.14. The third kappa shape index (κ3) is 4.52. The fourth-order valence-electron chi connectivity index (χ4n) is 4.74. The summed E-state index contributed by atoms with van der Waals surface area (Å²) in [4.78, 5) is 21.3. The van der Waals surface area contributed by atoms with Gasteiger partial charge in [-0.25, -0.2) is 0 Å². The highest BCUT2D eigenvalue weighted by Gasteiger charge is 2.42. The van der Waals surface area contributed by atoms with Gasteiger partial charge < -0.3 is 4.90 Å². The molecule has 4 nitrogen and oxygen atoms in total. The average molecular weight is 388 g/mol. The highest BCUT2D eigenvalue weighted by atomic mass is 32.2. The van der Waals surface area contributed by atoms with Crippen LogP contribution in [-0.4, -0.2) is 72.2 Å². The van der Waals surface area contributed by atoms with Crippen molar-refractivity contribution in [1.29, 1.82) is 0 Å². The molecule has 1 amide bonds. The first-order chi connectivity index (χ1) is 13.1. The number of piperazine rings is 1. The molecule has 1 spiro atoms. The number of hydrogen-bond donors (Lipinski definition) is 0. The molecule has 1 unspecified atom stereocenters. The maximum atomic E-state index is 12.6. The summed E-state index contributed by atoms with van der Waals surface area (Å²) in [6.07, 6.45) is 7.61. The first-order valence-corrected chi connectivity index (χ1v) is 11.6. The highest BCUT2D eigenvalue weighted by molar-refractivity contribution is 7.98. The molecule has 0 aromatic heterocycles. The van der Waals surface area contributed by atoms with Crippen molar-refractivity contribution in [1.82, 2.24) is 14.7 Å². The molecule has 1 aromatic carbocycles. The highest BCUT2D eigenvalue weighted by Crippen LogP contribution is 2.35. The normalized spacial score (nSPS) is 27.9. The van der Waals surface area contributed by atoms with Crippen molar-refractivity contribution in [2.45, 2.75) is 49.1 Å². The van der Waals surface area contributed by atoms with Gasteiger partial charge >= 0.3 is 0 Å². The van der Waals surface area contributed by atoms with Crippen molar-refractivity contribution in [3.05, 3.63) is 29.8 Å². The minimum atomic E-state index is 0.156. The number of carbonyl (C=O) groups is 1. The van der Waals surface area contributed by atoms with Gasteiger partial charge in [-0.05, 0) is 62.6 Å². The second-order valence-electron chi connectivity index (χ2n) is 8.74. The van der Waals surface area contributed by atoms with Gasteiger partial charge in [0.15, 0.2) is 0 Å². The van der Waals surface area contributed by atoms with E-state index in [0.29, 0.717) is 12.3 Å². The van der Waals surface area contributed by atoms with Crippen molar-refractivity contribution < 1.29 is 4.79 Å². The number of carbonyl (C=O) groups excluding carboxylic acids is 1. The van der Waals surface area contributed by atoms with Gasteiger partial charge in [-0.1, -0.05) is 12.1 Å². The summed E-state index contributed by atoms with van der Waals surface area (Å²) in [5, 5.41) is 0. The molecule has 0 bridgehead atoms. The van der Waals surface area contributed by atoms with Crippen LogP contribution in [0.2, 0.25) is 0 Å². The lowest BCUT2D eigenvalue weighted by Crippen LogP contribution is -2.60. The molecule has 3 aliphatic rings. The van der Waals surface area contributed by atoms with Crippen LogP contribution in [0.4, 0.5) is 0 Å². The van der Waals surface area contributed by atoms with Crippen LogP contribution in [0, 0.1) is 5.92 Å². The van der Waals surface area contributed by atoms with Crippen molar-refractivity contribution in [3.8, 4) is 0 Å². The summed E-state index contributed by atoms with van der Waals surface area (Å²) in [6.45, 7) is 6.25. The molecular formula is C22H33N3OS. The molecule has 1 aliphatic carbocycles. The second-order valence-corrected chi connectivity index (χ2v) is 9.62. The lowest BCUT2D eigenvalue weighted by molar-refractivity contribution is -0.131. The monoisotopic (exact) mass is 387 g/mol. The zero-order valence-corrected chi connectivity index (χ0v) is 17.6. The fraction of sp³-hybridized carbons (Fsp3) is 0.682. The van der Waals surface area contributed by atoms with E-state index in [0.717, 1.165) is 58.0 Å². The summed E-state index contributed by atoms with van der Waals surface area (Å²) in [5.74, 6) is 1.17. The summed E-state index contributed by atoms with van der Waals surface area (Å²) in [5.41, 5.74) is 1.56. The number of likely N-dealkylation sites (tertiary alicyclic amines) is 1. The van der Waals surface area contributed by atoms with E-state index in [2.05, 4.69) is 52.3 Å². The molecule has 148 valence electrons. The van der Waals surface area contributed by atoms with Crippen LogP contribution in [0.25, 0.3) is 0 Å². The van der Waals surface area contributed by atoms with Crippen molar-refractivity contribution >= 4 is 17.7 Å². The van der Waals surface area contributed by atoms with Crippen LogP contribution in [0.3, 0.4) is 0 Å². The topological polar surface area (TPSA) is 26.8 Å². The van der Waals surface area contributed by atoms with Gasteiger partial charge in [-0.15, -0.1) is 11.8 Å². The quantitative estimate of drug-likeness (QED) is 0.724. The zero-order chi connectivity index (χ0) is 18.9. The third-order valence-corrected chi connectivity index (χ3v) is 7.52. The minimum Gasteiger partial charge on any atom is -0.342 e. The van der Waals surface area contributed by atoms with Crippen LogP contribution < -0.4 is 0 Å². The van der Waals surface area contributed by atoms with E-state index in [1.807, 2.05) is 11.8 Å². The predicted octanol–water partition coefficient (Wildman–Crippen LogP) is 3.32. The molecule has 3 fully saturated rings. The van der Waals surface area contributed by atoms with Gasteiger partial charge in [0, 0.05) is 56.1 Å². The molecule has 2 heterocycles. The number of nitrogens with zero attached hydrogens (tertiary/aromatic N) is 3. The van der Waals surface area contributed by atoms with Crippen molar-refractivity contribution in [2.24, 2.45) is 5.92 Å². The van der Waals surface area contributed by atoms with Gasteiger partial charge in [0.1, 0.15) is 0 Å². The van der Waals surface area contributed by atoms with E-state index in [1.165, 1.54) is 23.3 Å². The molecular weight excluding hydrogens is 354 g/mol. The summed E-state index contributed by atoms with van der Waals surface area (Å²) >= 11 is 1.81. The summed E-state index contributed by atoms with van der Waals surface area (Å²) in [6, 6.07) is 8.93. The Morgan fingerprint density at radius 1 is 1.19 bits per heavy atom. The van der Waals surface area contributed by atoms with Gasteiger partial charge in [-0.3, -0.25) is 14.6 Å². The molecule has 0 N–H and O–H groups in total. The van der Waals surface area contributed by atoms with Crippen LogP contribution in [0.1, 0.15) is 37.7 Å². The largest absolute Gasteiger partial charge is 0.342 e. The molecule has 27 heavy (non-hydrogen) atoms. The fourth-order valence-corrected chi connectivity index (χ4v) is 5.23. The van der Waals surface area contributed by atoms with Crippen LogP contribution in [-0.2, 0) is 11.3 Å². The molecule has 1 saturated carbocycles. The smallest absolute Gasteiger partial charge is 0.222 e. The Labute approximate surface area is 168 Å². The first kappa shape index (κ1) is 19.3. The van der Waals surface area contributed by atoms with E-state index in [-0.39, 0.29) is 5.54 Å². The minimum absolute atomic E-state index is 0.156. The third-order valence-electron chi connectivity index (χ3n) is 6.80. The van der Waals surface area contributed by atoms with E-state index in [1.54, 1.807) is 0 Å². The van der Waals surface area contributed by atoms with Gasteiger partial charge in [0.05, 0.1) is 0 Å². The molecule has 1 atom stereocenters. The Bertz CT molecular complexity index is 677. The Morgan fingerprint density at radius 2 is 2.04 bits per heavy atom. The van der Waals surface area contributed by atoms with Gasteiger partial charge in [-0.2, -0.15) is 0 Å². The number of thioether (sulfide) groups is 1. The molecule has 2 aliphatic heterocycles. The van der Waals surface area contributed by atoms with Crippen molar-refractivity contribution in [2.75, 3.05) is 46.0 Å². The number of likely N-dealkylation sites (N-methyl/N-ethyl adjacent to an activating group) is 1. The van der Waals surface area contributed by atoms with E-state index < -0.39 is 0 Å². The Kier molecular flexibility index (Phi) is 5.81. The Balaban J connectivity index is 1.43. The Hall–Kier alpha value is -1.04. The summed E-state index contributed by atoms with van der Waals surface area (Å²) < 4.78 is 0. The maximum Gasteiger partial charge on any atom is 0.222 e. The number of amides is 1. The van der Waals surface area contributed by atoms with Crippen molar-refractivity contribution in [3.63, 3.8) is 0 Å². The lowest BCUT2D eigenvalue weighted by Gasteiger charge is -2.49. The summed E-state index contributed by atoms with van der Waals surface area (Å²) in [7, 11) is 2.27. The van der Waals surface area contributed by atoms with Crippen LogP contribution in [0.15, 0.2) is 29.2 Å². The van der Waals surface area contributed by atoms with E-state index in [4.69, 9.17) is 0 Å². The van der Waals surface area contributed by atoms with E-state index >= 15 is 0 Å². The van der Waals surface area contributed by atoms with Crippen LogP contribution in [0.5, 0.6) is 0 Å². The first-order valence-electron chi connectivity index (χ1n) is 10.4. The lowest BCUT2D eigenvalue weighted by atomic mass is 9.86. The maximum absolute atomic E-state index is 12.6. The molecule has 0 radical (unpaired) electrons. The van der Waals surface area contributed by atoms with Gasteiger partial charge in [0.2, 0.25) is 5.91 Å². The molecule has 5 heteroatoms. The van der Waals surface area contributed by atoms with Crippen LogP contribution >= 0.6 is 11.8 Å². The molecule has 2 saturated heterocycles. The molecule has 4 rings (SSSR count). The number of hydrogen-bond acceptors (Lipinski definition) is 4. The standard InChI is InChI=1S/C22H33N3OS/c1-23-12-13-24(15-19-4-3-5-20(14-19)27-2)17-22(23)9-8-21(26)25(11-10-22)16-18-6-7-18/h3-5,14,18H,6-13,15-17H2,1-2H3. The molecule has 1 aromatic rings. The number of rotatable bonds is 5. The Morgan fingerprint density at radius 3 is 2.81 bits per heavy atom. The SMILES string of the molecule is CSc1cccc(CN2CCN(C)C3(CCC(=O)N(CC4CC4)CC3)C2)c1.